The smallest absolute Gasteiger partial charge is 0.416 e. The van der Waals surface area contributed by atoms with Crippen LogP contribution in [0.3, 0.4) is 0 Å². The highest BCUT2D eigenvalue weighted by Gasteiger charge is 2.37. The highest BCUT2D eigenvalue weighted by Crippen LogP contribution is 2.57. The predicted octanol–water partition coefficient (Wildman–Crippen LogP) is 12.1. The third-order valence-corrected chi connectivity index (χ3v) is 8.73. The maximum atomic E-state index is 13.4. The van der Waals surface area contributed by atoms with Crippen molar-refractivity contribution in [1.29, 1.82) is 0 Å². The maximum absolute atomic E-state index is 13.4. The summed E-state index contributed by atoms with van der Waals surface area (Å²) in [6.07, 6.45) is 3.87. The van der Waals surface area contributed by atoms with Crippen LogP contribution in [0.15, 0.2) is 120 Å². The van der Waals surface area contributed by atoms with E-state index in [1.807, 2.05) is 50.3 Å². The van der Waals surface area contributed by atoms with Crippen molar-refractivity contribution in [2.75, 3.05) is 0 Å². The van der Waals surface area contributed by atoms with Gasteiger partial charge in [0, 0.05) is 29.4 Å². The molecule has 0 fully saturated rings. The molecule has 0 aromatic heterocycles. The highest BCUT2D eigenvalue weighted by atomic mass is 19.4. The van der Waals surface area contributed by atoms with E-state index < -0.39 is 23.5 Å². The van der Waals surface area contributed by atoms with Gasteiger partial charge in [-0.1, -0.05) is 71.9 Å². The van der Waals surface area contributed by atoms with Crippen LogP contribution in [0, 0.1) is 0 Å². The number of hydrogen-bond acceptors (Lipinski definition) is 2. The number of ether oxygens (including phenoxy) is 2. The van der Waals surface area contributed by atoms with Crippen molar-refractivity contribution in [3.8, 4) is 34.1 Å². The average molecular weight is 643 g/mol. The van der Waals surface area contributed by atoms with Crippen LogP contribution in [0.1, 0.15) is 59.1 Å². The molecular weight excluding hydrogens is 614 g/mol. The molecule has 0 saturated carbocycles. The average Bonchev–Trinajstić information content (AvgIpc) is 3.76. The van der Waals surface area contributed by atoms with Crippen LogP contribution in [-0.2, 0) is 18.8 Å². The van der Waals surface area contributed by atoms with Crippen LogP contribution in [-0.4, -0.2) is 0 Å². The third kappa shape index (κ3) is 5.77. The molecule has 0 bridgehead atoms. The Labute approximate surface area is 268 Å². The summed E-state index contributed by atoms with van der Waals surface area (Å²) in [5.74, 6) is 0.529. The summed E-state index contributed by atoms with van der Waals surface area (Å²) < 4.78 is 93.6. The lowest BCUT2D eigenvalue weighted by atomic mass is 9.81. The second kappa shape index (κ2) is 11.4. The van der Waals surface area contributed by atoms with E-state index in [4.69, 9.17) is 9.47 Å². The Morgan fingerprint density at radius 3 is 1.57 bits per heavy atom. The number of halogens is 6. The van der Waals surface area contributed by atoms with Gasteiger partial charge in [-0.05, 0) is 84.6 Å². The van der Waals surface area contributed by atoms with Gasteiger partial charge in [-0.15, -0.1) is 0 Å². The van der Waals surface area contributed by atoms with Gasteiger partial charge in [-0.3, -0.25) is 0 Å². The standard InChI is InChI=1S/C39H28F6O2/c1-22-7-9-25(19-22)33-34(26-10-8-23(2)20-26)37(47-30-17-13-28(14-18-30)39(43,44)45)36(32-21-24-5-3-4-6-31(24)35(32)33)46-29-15-11-27(12-16-29)38(40,41)42/h3-20,25-26H,21H2,1-2H3. The van der Waals surface area contributed by atoms with Crippen LogP contribution in [0.5, 0.6) is 23.0 Å². The Hall–Kier alpha value is -4.98. The first kappa shape index (κ1) is 30.7. The maximum Gasteiger partial charge on any atom is 0.416 e. The number of fused-ring (bicyclic) bond motifs is 3. The number of rotatable bonds is 6. The topological polar surface area (TPSA) is 18.5 Å². The molecule has 7 rings (SSSR count). The zero-order chi connectivity index (χ0) is 33.1. The van der Waals surface area contributed by atoms with Crippen LogP contribution in [0.4, 0.5) is 26.3 Å². The molecule has 8 heteroatoms. The number of allylic oxidation sites excluding steroid dienone is 8. The van der Waals surface area contributed by atoms with Crippen LogP contribution in [0.2, 0.25) is 0 Å². The Balaban J connectivity index is 1.50. The summed E-state index contributed by atoms with van der Waals surface area (Å²) in [5.41, 5.74) is 6.07. The molecule has 2 nitrogen and oxygen atoms in total. The van der Waals surface area contributed by atoms with Crippen molar-refractivity contribution in [3.05, 3.63) is 154 Å². The lowest BCUT2D eigenvalue weighted by Gasteiger charge is -2.28. The lowest BCUT2D eigenvalue weighted by Crippen LogP contribution is -2.09. The minimum atomic E-state index is -4.52. The number of hydrogen-bond donors (Lipinski definition) is 0. The molecule has 2 atom stereocenters. The molecule has 47 heavy (non-hydrogen) atoms. The minimum Gasteiger partial charge on any atom is -0.453 e. The van der Waals surface area contributed by atoms with Gasteiger partial charge in [0.1, 0.15) is 11.5 Å². The summed E-state index contributed by atoms with van der Waals surface area (Å²) in [5, 5.41) is 0. The number of benzene rings is 4. The van der Waals surface area contributed by atoms with Crippen LogP contribution in [0.25, 0.3) is 11.1 Å². The molecule has 0 amide bonds. The van der Waals surface area contributed by atoms with Gasteiger partial charge in [0.2, 0.25) is 0 Å². The third-order valence-electron chi connectivity index (χ3n) is 8.73. The summed E-state index contributed by atoms with van der Waals surface area (Å²) in [6.45, 7) is 4.00. The zero-order valence-corrected chi connectivity index (χ0v) is 25.3. The normalized spacial score (nSPS) is 18.2. The number of alkyl halides is 6. The Kier molecular flexibility index (Phi) is 7.42. The fourth-order valence-corrected chi connectivity index (χ4v) is 6.58. The largest absolute Gasteiger partial charge is 0.453 e. The van der Waals surface area contributed by atoms with Crippen molar-refractivity contribution in [3.63, 3.8) is 0 Å². The lowest BCUT2D eigenvalue weighted by molar-refractivity contribution is -0.138. The first-order valence-corrected chi connectivity index (χ1v) is 15.1. The summed E-state index contributed by atoms with van der Waals surface area (Å²) in [6, 6.07) is 16.9. The van der Waals surface area contributed by atoms with Crippen LogP contribution >= 0.6 is 0 Å². The van der Waals surface area contributed by atoms with Crippen molar-refractivity contribution >= 4 is 0 Å². The van der Waals surface area contributed by atoms with Gasteiger partial charge >= 0.3 is 12.4 Å². The van der Waals surface area contributed by atoms with Gasteiger partial charge in [0.15, 0.2) is 11.5 Å². The first-order chi connectivity index (χ1) is 22.4. The van der Waals surface area contributed by atoms with Crippen molar-refractivity contribution in [2.45, 2.75) is 44.5 Å². The Morgan fingerprint density at radius 1 is 0.596 bits per heavy atom. The fourth-order valence-electron chi connectivity index (χ4n) is 6.58. The Morgan fingerprint density at radius 2 is 1.09 bits per heavy atom. The van der Waals surface area contributed by atoms with Crippen molar-refractivity contribution in [2.24, 2.45) is 0 Å². The molecule has 3 aliphatic rings. The monoisotopic (exact) mass is 642 g/mol. The minimum absolute atomic E-state index is 0.136. The molecule has 0 heterocycles. The second-order valence-corrected chi connectivity index (χ2v) is 12.0. The van der Waals surface area contributed by atoms with Crippen molar-refractivity contribution in [1.82, 2.24) is 0 Å². The first-order valence-electron chi connectivity index (χ1n) is 15.1. The molecule has 0 spiro atoms. The van der Waals surface area contributed by atoms with Gasteiger partial charge in [0.25, 0.3) is 0 Å². The van der Waals surface area contributed by atoms with Gasteiger partial charge in [-0.25, -0.2) is 0 Å². The van der Waals surface area contributed by atoms with E-state index in [0.29, 0.717) is 17.9 Å². The van der Waals surface area contributed by atoms with E-state index >= 15 is 0 Å². The summed E-state index contributed by atoms with van der Waals surface area (Å²) >= 11 is 0. The van der Waals surface area contributed by atoms with E-state index in [9.17, 15) is 26.3 Å². The summed E-state index contributed by atoms with van der Waals surface area (Å²) in [4.78, 5) is 0. The Bertz CT molecular complexity index is 1990. The molecule has 0 N–H and O–H groups in total. The van der Waals surface area contributed by atoms with Gasteiger partial charge in [0.05, 0.1) is 11.1 Å². The van der Waals surface area contributed by atoms with E-state index in [0.717, 1.165) is 68.8 Å². The molecule has 0 saturated heterocycles. The van der Waals surface area contributed by atoms with E-state index in [-0.39, 0.29) is 23.3 Å². The molecular formula is C39H28F6O2. The van der Waals surface area contributed by atoms with Crippen LogP contribution < -0.4 is 9.47 Å². The highest BCUT2D eigenvalue weighted by molar-refractivity contribution is 5.87. The molecule has 238 valence electrons. The molecule has 4 aromatic carbocycles. The molecule has 0 aliphatic heterocycles. The SMILES string of the molecule is CC1=CC(c2c(Oc3ccc(C(F)(F)F)cc3)c(Oc3ccc(C(F)(F)F)cc3)c3c(c2C2C=CC(C)=C2)-c2ccccc2C3)C=C1. The molecule has 2 unspecified atom stereocenters. The van der Waals surface area contributed by atoms with E-state index in [2.05, 4.69) is 24.3 Å². The van der Waals surface area contributed by atoms with Crippen molar-refractivity contribution < 1.29 is 35.8 Å². The molecule has 0 radical (unpaired) electrons. The van der Waals surface area contributed by atoms with Gasteiger partial charge in [-0.2, -0.15) is 26.3 Å². The van der Waals surface area contributed by atoms with Gasteiger partial charge < -0.3 is 9.47 Å². The predicted molar refractivity (Wildman–Crippen MR) is 169 cm³/mol. The fraction of sp³-hybridized carbons (Fsp3) is 0.179. The summed E-state index contributed by atoms with van der Waals surface area (Å²) in [7, 11) is 0. The second-order valence-electron chi connectivity index (χ2n) is 12.0. The van der Waals surface area contributed by atoms with E-state index in [1.54, 1.807) is 0 Å². The van der Waals surface area contributed by atoms with E-state index in [1.165, 1.54) is 24.3 Å². The quantitative estimate of drug-likeness (QED) is 0.172. The zero-order valence-electron chi connectivity index (χ0n) is 25.3. The molecule has 4 aromatic rings. The molecule has 3 aliphatic carbocycles.